The average molecular weight is 704 g/mol. The van der Waals surface area contributed by atoms with E-state index in [4.69, 9.17) is 4.42 Å². The van der Waals surface area contributed by atoms with Crippen LogP contribution in [-0.4, -0.2) is 0 Å². The average Bonchev–Trinajstić information content (AvgIpc) is 3.72. The molecule has 0 aliphatic heterocycles. The van der Waals surface area contributed by atoms with E-state index in [0.29, 0.717) is 0 Å². The Labute approximate surface area is 320 Å². The third kappa shape index (κ3) is 4.95. The van der Waals surface area contributed by atoms with Crippen LogP contribution < -0.4 is 4.90 Å². The van der Waals surface area contributed by atoms with Gasteiger partial charge in [-0.25, -0.2) is 0 Å². The van der Waals surface area contributed by atoms with Gasteiger partial charge in [0, 0.05) is 33.2 Å². The number of fused-ring (bicyclic) bond motifs is 9. The molecule has 0 unspecified atom stereocenters. The Morgan fingerprint density at radius 2 is 1.00 bits per heavy atom. The van der Waals surface area contributed by atoms with Crippen LogP contribution in [0.3, 0.4) is 0 Å². The second-order valence-electron chi connectivity index (χ2n) is 15.3. The summed E-state index contributed by atoms with van der Waals surface area (Å²) in [7, 11) is 0. The molecule has 0 atom stereocenters. The highest BCUT2D eigenvalue weighted by molar-refractivity contribution is 6.12. The topological polar surface area (TPSA) is 16.4 Å². The monoisotopic (exact) mass is 703 g/mol. The van der Waals surface area contributed by atoms with E-state index >= 15 is 0 Å². The molecule has 10 aromatic rings. The molecular weight excluding hydrogens is 667 g/mol. The van der Waals surface area contributed by atoms with E-state index in [-0.39, 0.29) is 5.41 Å². The minimum absolute atomic E-state index is 0.0659. The van der Waals surface area contributed by atoms with Gasteiger partial charge in [-0.2, -0.15) is 0 Å². The van der Waals surface area contributed by atoms with Crippen LogP contribution >= 0.6 is 0 Å². The molecule has 11 rings (SSSR count). The molecule has 0 radical (unpaired) electrons. The second-order valence-corrected chi connectivity index (χ2v) is 15.3. The molecule has 1 heterocycles. The molecule has 0 N–H and O–H groups in total. The summed E-state index contributed by atoms with van der Waals surface area (Å²) in [6, 6.07) is 68.6. The van der Waals surface area contributed by atoms with E-state index in [1.165, 1.54) is 54.9 Å². The maximum Gasteiger partial charge on any atom is 0.135 e. The Bertz CT molecular complexity index is 3150. The van der Waals surface area contributed by atoms with E-state index in [2.05, 4.69) is 195 Å². The molecule has 0 fully saturated rings. The molecule has 0 spiro atoms. The molecule has 1 aromatic heterocycles. The summed E-state index contributed by atoms with van der Waals surface area (Å²) in [5, 5.41) is 7.33. The number of rotatable bonds is 5. The first-order valence-electron chi connectivity index (χ1n) is 19.1. The van der Waals surface area contributed by atoms with Gasteiger partial charge < -0.3 is 9.32 Å². The van der Waals surface area contributed by atoms with Crippen molar-refractivity contribution in [2.45, 2.75) is 19.3 Å². The van der Waals surface area contributed by atoms with Crippen LogP contribution in [-0.2, 0) is 5.41 Å². The molecule has 0 amide bonds. The molecular formula is C53H37NO. The first kappa shape index (κ1) is 31.6. The first-order valence-corrected chi connectivity index (χ1v) is 19.1. The van der Waals surface area contributed by atoms with E-state index in [1.807, 2.05) is 12.1 Å². The van der Waals surface area contributed by atoms with Gasteiger partial charge in [0.05, 0.1) is 0 Å². The third-order valence-electron chi connectivity index (χ3n) is 11.8. The number of benzene rings is 9. The number of hydrogen-bond donors (Lipinski definition) is 0. The summed E-state index contributed by atoms with van der Waals surface area (Å²) >= 11 is 0. The fourth-order valence-corrected chi connectivity index (χ4v) is 9.13. The van der Waals surface area contributed by atoms with Gasteiger partial charge in [-0.05, 0) is 121 Å². The van der Waals surface area contributed by atoms with Gasteiger partial charge in [0.25, 0.3) is 0 Å². The number of nitrogens with zero attached hydrogens (tertiary/aromatic N) is 1. The first-order chi connectivity index (χ1) is 27.0. The van der Waals surface area contributed by atoms with Crippen molar-refractivity contribution in [1.82, 2.24) is 0 Å². The van der Waals surface area contributed by atoms with Gasteiger partial charge in [0.1, 0.15) is 11.2 Å². The molecule has 0 saturated heterocycles. The van der Waals surface area contributed by atoms with Crippen molar-refractivity contribution in [3.8, 4) is 33.4 Å². The lowest BCUT2D eigenvalue weighted by Gasteiger charge is -2.28. The van der Waals surface area contributed by atoms with Crippen LogP contribution in [0.5, 0.6) is 0 Å². The highest BCUT2D eigenvalue weighted by atomic mass is 16.3. The van der Waals surface area contributed by atoms with Crippen molar-refractivity contribution in [3.05, 3.63) is 199 Å². The second kappa shape index (κ2) is 12.1. The molecule has 2 heteroatoms. The predicted octanol–water partition coefficient (Wildman–Crippen LogP) is 15.0. The highest BCUT2D eigenvalue weighted by Crippen LogP contribution is 2.51. The molecule has 1 aliphatic rings. The summed E-state index contributed by atoms with van der Waals surface area (Å²) in [5.74, 6) is 0. The quantitative estimate of drug-likeness (QED) is 0.166. The van der Waals surface area contributed by atoms with Crippen molar-refractivity contribution < 1.29 is 4.42 Å². The SMILES string of the molecule is CC1(C)c2ccccc2-c2cc(N(c3cccc(-c4ccc5oc6ccccc6c5c4)c3)c3cccc(-c4cccc5c4ccc4ccccc45)c3)ccc21. The van der Waals surface area contributed by atoms with Gasteiger partial charge in [0.2, 0.25) is 0 Å². The standard InChI is InChI=1S/C53H37NO/c1-53(2)49-22-7-5-18-45(49)47-33-40(26-28-50(47)53)54(38-15-9-13-35(30-38)36-25-29-52-48(32-36)46-19-6-8-23-51(46)55-52)39-16-10-14-37(31-39)42-20-11-21-43-41-17-4-3-12-34(41)24-27-44(42)43/h3-33H,1-2H3. The van der Waals surface area contributed by atoms with Crippen molar-refractivity contribution in [2.75, 3.05) is 4.90 Å². The molecule has 0 bridgehead atoms. The number of para-hydroxylation sites is 1. The van der Waals surface area contributed by atoms with Crippen molar-refractivity contribution in [2.24, 2.45) is 0 Å². The zero-order valence-electron chi connectivity index (χ0n) is 30.8. The summed E-state index contributed by atoms with van der Waals surface area (Å²) in [6.07, 6.45) is 0. The smallest absolute Gasteiger partial charge is 0.135 e. The molecule has 0 saturated carbocycles. The summed E-state index contributed by atoms with van der Waals surface area (Å²) in [5.41, 5.74) is 15.2. The zero-order chi connectivity index (χ0) is 36.7. The van der Waals surface area contributed by atoms with E-state index in [0.717, 1.165) is 50.1 Å². The molecule has 260 valence electrons. The Morgan fingerprint density at radius 1 is 0.364 bits per heavy atom. The largest absolute Gasteiger partial charge is 0.456 e. The maximum atomic E-state index is 6.18. The molecule has 2 nitrogen and oxygen atoms in total. The molecule has 9 aromatic carbocycles. The van der Waals surface area contributed by atoms with Crippen LogP contribution in [0.25, 0.3) is 76.9 Å². The van der Waals surface area contributed by atoms with Crippen molar-refractivity contribution in [3.63, 3.8) is 0 Å². The lowest BCUT2D eigenvalue weighted by atomic mass is 9.82. The van der Waals surface area contributed by atoms with Gasteiger partial charge >= 0.3 is 0 Å². The Kier molecular flexibility index (Phi) is 6.93. The summed E-state index contributed by atoms with van der Waals surface area (Å²) < 4.78 is 6.18. The zero-order valence-corrected chi connectivity index (χ0v) is 30.8. The summed E-state index contributed by atoms with van der Waals surface area (Å²) in [4.78, 5) is 2.42. The molecule has 1 aliphatic carbocycles. The predicted molar refractivity (Wildman–Crippen MR) is 232 cm³/mol. The Morgan fingerprint density at radius 3 is 1.89 bits per heavy atom. The normalized spacial score (nSPS) is 13.1. The Balaban J connectivity index is 1.09. The Hall–Kier alpha value is -6.90. The fraction of sp³-hybridized carbons (Fsp3) is 0.0566. The van der Waals surface area contributed by atoms with Crippen LogP contribution in [0.2, 0.25) is 0 Å². The minimum atomic E-state index is -0.0659. The number of hydrogen-bond acceptors (Lipinski definition) is 2. The lowest BCUT2D eigenvalue weighted by molar-refractivity contribution is 0.660. The van der Waals surface area contributed by atoms with E-state index < -0.39 is 0 Å². The summed E-state index contributed by atoms with van der Waals surface area (Å²) in [6.45, 7) is 4.69. The van der Waals surface area contributed by atoms with Gasteiger partial charge in [-0.1, -0.05) is 147 Å². The van der Waals surface area contributed by atoms with Crippen LogP contribution in [0.4, 0.5) is 17.1 Å². The fourth-order valence-electron chi connectivity index (χ4n) is 9.13. The van der Waals surface area contributed by atoms with Crippen molar-refractivity contribution in [1.29, 1.82) is 0 Å². The third-order valence-corrected chi connectivity index (χ3v) is 11.8. The van der Waals surface area contributed by atoms with Gasteiger partial charge in [-0.15, -0.1) is 0 Å². The van der Waals surface area contributed by atoms with Crippen LogP contribution in [0.15, 0.2) is 192 Å². The van der Waals surface area contributed by atoms with Crippen LogP contribution in [0, 0.1) is 0 Å². The lowest BCUT2D eigenvalue weighted by Crippen LogP contribution is -2.15. The number of furan rings is 1. The number of anilines is 3. The van der Waals surface area contributed by atoms with E-state index in [9.17, 15) is 0 Å². The maximum absolute atomic E-state index is 6.18. The molecule has 55 heavy (non-hydrogen) atoms. The van der Waals surface area contributed by atoms with E-state index in [1.54, 1.807) is 0 Å². The van der Waals surface area contributed by atoms with Gasteiger partial charge in [-0.3, -0.25) is 0 Å². The highest BCUT2D eigenvalue weighted by Gasteiger charge is 2.35. The minimum Gasteiger partial charge on any atom is -0.456 e. The van der Waals surface area contributed by atoms with Crippen molar-refractivity contribution >= 4 is 60.5 Å². The van der Waals surface area contributed by atoms with Crippen LogP contribution in [0.1, 0.15) is 25.0 Å². The van der Waals surface area contributed by atoms with Gasteiger partial charge in [0.15, 0.2) is 0 Å².